The van der Waals surface area contributed by atoms with E-state index in [1.165, 1.54) is 6.42 Å². The number of hydrogen-bond acceptors (Lipinski definition) is 3. The molecule has 2 aliphatic rings. The topological polar surface area (TPSA) is 41.6 Å². The molecule has 2 rings (SSSR count). The zero-order chi connectivity index (χ0) is 13.9. The van der Waals surface area contributed by atoms with Crippen molar-refractivity contribution in [2.75, 3.05) is 33.3 Å². The summed E-state index contributed by atoms with van der Waals surface area (Å²) in [6.07, 6.45) is 5.03. The largest absolute Gasteiger partial charge is 0.368 e. The molecule has 5 heteroatoms. The Labute approximate surface area is 129 Å². The monoisotopic (exact) mass is 304 g/mol. The molecule has 0 saturated carbocycles. The molecule has 2 aliphatic heterocycles. The first kappa shape index (κ1) is 17.7. The summed E-state index contributed by atoms with van der Waals surface area (Å²) in [6, 6.07) is 0. The molecule has 0 aliphatic carbocycles. The van der Waals surface area contributed by atoms with Gasteiger partial charge in [-0.25, -0.2) is 0 Å². The molecule has 118 valence electrons. The quantitative estimate of drug-likeness (QED) is 0.869. The van der Waals surface area contributed by atoms with Crippen LogP contribution in [0.1, 0.15) is 46.0 Å². The van der Waals surface area contributed by atoms with Gasteiger partial charge >= 0.3 is 0 Å². The van der Waals surface area contributed by atoms with E-state index in [9.17, 15) is 4.79 Å². The summed E-state index contributed by atoms with van der Waals surface area (Å²) >= 11 is 0. The molecule has 1 amide bonds. The average molecular weight is 305 g/mol. The number of carbonyl (C=O) groups is 1. The van der Waals surface area contributed by atoms with Crippen molar-refractivity contribution < 1.29 is 9.53 Å². The lowest BCUT2D eigenvalue weighted by atomic mass is 9.77. The first-order valence-corrected chi connectivity index (χ1v) is 7.60. The molecule has 0 atom stereocenters. The summed E-state index contributed by atoms with van der Waals surface area (Å²) in [7, 11) is 1.68. The van der Waals surface area contributed by atoms with Crippen LogP contribution in [0.5, 0.6) is 0 Å². The number of carbonyl (C=O) groups excluding carboxylic acids is 1. The summed E-state index contributed by atoms with van der Waals surface area (Å²) < 4.78 is 5.64. The Hall–Kier alpha value is -0.320. The highest BCUT2D eigenvalue weighted by Gasteiger charge is 2.43. The van der Waals surface area contributed by atoms with E-state index in [2.05, 4.69) is 19.2 Å². The molecule has 0 unspecified atom stereocenters. The Morgan fingerprint density at radius 3 is 2.20 bits per heavy atom. The molecule has 0 aromatic carbocycles. The van der Waals surface area contributed by atoms with Gasteiger partial charge in [0.25, 0.3) is 5.91 Å². The smallest absolute Gasteiger partial charge is 0.254 e. The number of nitrogens with one attached hydrogen (secondary N) is 1. The van der Waals surface area contributed by atoms with Crippen molar-refractivity contribution in [3.8, 4) is 0 Å². The maximum atomic E-state index is 12.8. The molecule has 2 heterocycles. The lowest BCUT2D eigenvalue weighted by Gasteiger charge is -2.44. The molecule has 0 spiro atoms. The lowest BCUT2D eigenvalue weighted by Crippen LogP contribution is -2.57. The molecule has 4 nitrogen and oxygen atoms in total. The number of halogens is 1. The molecule has 0 aromatic heterocycles. The standard InChI is InChI=1S/C15H28N2O2.ClH/c1-4-14(2)7-11-17(12-8-14)13(18)15(19-3)5-9-16-10-6-15;/h16H,4-12H2,1-3H3;1H. The Morgan fingerprint density at radius 1 is 1.20 bits per heavy atom. The minimum Gasteiger partial charge on any atom is -0.368 e. The molecule has 0 aromatic rings. The third-order valence-electron chi connectivity index (χ3n) is 5.30. The highest BCUT2D eigenvalue weighted by molar-refractivity contribution is 5.86. The summed E-state index contributed by atoms with van der Waals surface area (Å²) in [6.45, 7) is 8.12. The highest BCUT2D eigenvalue weighted by Crippen LogP contribution is 2.35. The van der Waals surface area contributed by atoms with Gasteiger partial charge in [0.15, 0.2) is 0 Å². The van der Waals surface area contributed by atoms with Crippen LogP contribution in [0.25, 0.3) is 0 Å². The Balaban J connectivity index is 0.00000200. The van der Waals surface area contributed by atoms with E-state index in [4.69, 9.17) is 4.74 Å². The number of ether oxygens (including phenoxy) is 1. The van der Waals surface area contributed by atoms with Crippen molar-refractivity contribution in [3.63, 3.8) is 0 Å². The molecule has 1 N–H and O–H groups in total. The van der Waals surface area contributed by atoms with Crippen LogP contribution in [0, 0.1) is 5.41 Å². The minimum atomic E-state index is -0.564. The van der Waals surface area contributed by atoms with Crippen LogP contribution in [0.3, 0.4) is 0 Å². The number of nitrogens with zero attached hydrogens (tertiary/aromatic N) is 1. The number of hydrogen-bond donors (Lipinski definition) is 1. The highest BCUT2D eigenvalue weighted by atomic mass is 35.5. The molecule has 20 heavy (non-hydrogen) atoms. The second kappa shape index (κ2) is 7.10. The number of likely N-dealkylation sites (tertiary alicyclic amines) is 1. The van der Waals surface area contributed by atoms with Gasteiger partial charge in [-0.3, -0.25) is 4.79 Å². The third-order valence-corrected chi connectivity index (χ3v) is 5.30. The second-order valence-electron chi connectivity index (χ2n) is 6.40. The van der Waals surface area contributed by atoms with E-state index in [0.717, 1.165) is 51.9 Å². The van der Waals surface area contributed by atoms with Gasteiger partial charge in [-0.1, -0.05) is 20.3 Å². The van der Waals surface area contributed by atoms with Crippen molar-refractivity contribution in [1.82, 2.24) is 10.2 Å². The van der Waals surface area contributed by atoms with E-state index in [-0.39, 0.29) is 18.3 Å². The van der Waals surface area contributed by atoms with E-state index in [1.54, 1.807) is 7.11 Å². The third kappa shape index (κ3) is 3.46. The van der Waals surface area contributed by atoms with Gasteiger partial charge in [-0.15, -0.1) is 12.4 Å². The van der Waals surface area contributed by atoms with Crippen LogP contribution in [-0.4, -0.2) is 49.7 Å². The van der Waals surface area contributed by atoms with Crippen molar-refractivity contribution in [1.29, 1.82) is 0 Å². The lowest BCUT2D eigenvalue weighted by molar-refractivity contribution is -0.160. The van der Waals surface area contributed by atoms with Crippen LogP contribution >= 0.6 is 12.4 Å². The predicted molar refractivity (Wildman–Crippen MR) is 83.3 cm³/mol. The number of rotatable bonds is 3. The summed E-state index contributed by atoms with van der Waals surface area (Å²) in [5, 5.41) is 3.30. The average Bonchev–Trinajstić information content (AvgIpc) is 2.48. The summed E-state index contributed by atoms with van der Waals surface area (Å²) in [4.78, 5) is 14.8. The normalized spacial score (nSPS) is 24.9. The first-order chi connectivity index (χ1) is 9.05. The molecule has 2 saturated heterocycles. The van der Waals surface area contributed by atoms with Crippen molar-refractivity contribution >= 4 is 18.3 Å². The molecular formula is C15H29ClN2O2. The van der Waals surface area contributed by atoms with E-state index in [1.807, 2.05) is 4.90 Å². The van der Waals surface area contributed by atoms with Crippen LogP contribution in [0.2, 0.25) is 0 Å². The van der Waals surface area contributed by atoms with Crippen LogP contribution in [0.15, 0.2) is 0 Å². The van der Waals surface area contributed by atoms with Crippen molar-refractivity contribution in [2.24, 2.45) is 5.41 Å². The Bertz CT molecular complexity index is 322. The molecular weight excluding hydrogens is 276 g/mol. The number of piperidine rings is 2. The van der Waals surface area contributed by atoms with Gasteiger partial charge in [0.2, 0.25) is 0 Å². The first-order valence-electron chi connectivity index (χ1n) is 7.60. The number of amides is 1. The van der Waals surface area contributed by atoms with Gasteiger partial charge in [0.1, 0.15) is 5.60 Å². The van der Waals surface area contributed by atoms with E-state index in [0.29, 0.717) is 5.41 Å². The number of methoxy groups -OCH3 is 1. The van der Waals surface area contributed by atoms with Gasteiger partial charge in [0, 0.05) is 20.2 Å². The van der Waals surface area contributed by atoms with Crippen LogP contribution < -0.4 is 5.32 Å². The molecule has 0 bridgehead atoms. The fourth-order valence-electron chi connectivity index (χ4n) is 3.23. The van der Waals surface area contributed by atoms with Gasteiger partial charge in [0.05, 0.1) is 0 Å². The SMILES string of the molecule is CCC1(C)CCN(C(=O)C2(OC)CCNCC2)CC1.Cl. The second-order valence-corrected chi connectivity index (χ2v) is 6.40. The van der Waals surface area contributed by atoms with Crippen molar-refractivity contribution in [2.45, 2.75) is 51.6 Å². The Morgan fingerprint density at radius 2 is 1.75 bits per heavy atom. The maximum Gasteiger partial charge on any atom is 0.254 e. The van der Waals surface area contributed by atoms with Crippen molar-refractivity contribution in [3.05, 3.63) is 0 Å². The summed E-state index contributed by atoms with van der Waals surface area (Å²) in [5.74, 6) is 0.217. The summed E-state index contributed by atoms with van der Waals surface area (Å²) in [5.41, 5.74) is -0.143. The van der Waals surface area contributed by atoms with Gasteiger partial charge in [-0.05, 0) is 44.2 Å². The minimum absolute atomic E-state index is 0. The van der Waals surface area contributed by atoms with Gasteiger partial charge in [-0.2, -0.15) is 0 Å². The van der Waals surface area contributed by atoms with E-state index < -0.39 is 5.60 Å². The maximum absolute atomic E-state index is 12.8. The van der Waals surface area contributed by atoms with E-state index >= 15 is 0 Å². The van der Waals surface area contributed by atoms with Gasteiger partial charge < -0.3 is 15.0 Å². The molecule has 0 radical (unpaired) electrons. The molecule has 2 fully saturated rings. The van der Waals surface area contributed by atoms with Crippen LogP contribution in [-0.2, 0) is 9.53 Å². The zero-order valence-electron chi connectivity index (χ0n) is 13.0. The predicted octanol–water partition coefficient (Wildman–Crippen LogP) is 2.22. The zero-order valence-corrected chi connectivity index (χ0v) is 13.9. The fourth-order valence-corrected chi connectivity index (χ4v) is 3.23. The Kier molecular flexibility index (Phi) is 6.29. The van der Waals surface area contributed by atoms with Crippen LogP contribution in [0.4, 0.5) is 0 Å². The fraction of sp³-hybridized carbons (Fsp3) is 0.933.